The fourth-order valence-corrected chi connectivity index (χ4v) is 3.62. The Bertz CT molecular complexity index is 952. The molecular weight excluding hydrogens is 378 g/mol. The monoisotopic (exact) mass is 395 g/mol. The summed E-state index contributed by atoms with van der Waals surface area (Å²) in [6.45, 7) is 4.43. The number of hydrogen-bond donors (Lipinski definition) is 1. The highest BCUT2D eigenvalue weighted by Gasteiger charge is 2.19. The van der Waals surface area contributed by atoms with Gasteiger partial charge in [-0.25, -0.2) is 8.42 Å². The van der Waals surface area contributed by atoms with Gasteiger partial charge in [-0.2, -0.15) is 0 Å². The number of ketones is 1. The summed E-state index contributed by atoms with van der Waals surface area (Å²) in [5.41, 5.74) is 1.42. The van der Waals surface area contributed by atoms with Crippen molar-refractivity contribution in [3.63, 3.8) is 0 Å². The van der Waals surface area contributed by atoms with E-state index in [4.69, 9.17) is 16.3 Å². The normalized spacial score (nSPS) is 11.1. The van der Waals surface area contributed by atoms with Crippen LogP contribution in [0.15, 0.2) is 41.3 Å². The molecule has 0 aliphatic rings. The minimum atomic E-state index is -3.83. The molecule has 2 aromatic carbocycles. The van der Waals surface area contributed by atoms with Crippen LogP contribution in [0.25, 0.3) is 0 Å². The zero-order chi connectivity index (χ0) is 19.5. The standard InChI is InChI=1S/C18H18ClNO5S/c1-11-4-6-16(7-5-11)26(23,24)20-15-9-14(8-12(2)21)18(17(19)10-15)25-13(3)22/h4-7,9-10,20H,8H2,1-3H3. The molecule has 6 nitrogen and oxygen atoms in total. The molecule has 0 aliphatic carbocycles. The van der Waals surface area contributed by atoms with Crippen LogP contribution in [0.1, 0.15) is 25.0 Å². The first-order valence-corrected chi connectivity index (χ1v) is 9.54. The topological polar surface area (TPSA) is 89.5 Å². The van der Waals surface area contributed by atoms with E-state index in [0.29, 0.717) is 5.56 Å². The van der Waals surface area contributed by atoms with Crippen molar-refractivity contribution >= 4 is 39.1 Å². The molecule has 0 atom stereocenters. The molecule has 0 radical (unpaired) electrons. The van der Waals surface area contributed by atoms with Gasteiger partial charge in [-0.05, 0) is 38.1 Å². The summed E-state index contributed by atoms with van der Waals surface area (Å²) in [6, 6.07) is 9.11. The molecule has 26 heavy (non-hydrogen) atoms. The SMILES string of the molecule is CC(=O)Cc1cc(NS(=O)(=O)c2ccc(C)cc2)cc(Cl)c1OC(C)=O. The van der Waals surface area contributed by atoms with E-state index in [1.165, 1.54) is 38.1 Å². The number of aryl methyl sites for hydroxylation is 1. The Hall–Kier alpha value is -2.38. The van der Waals surface area contributed by atoms with E-state index in [1.807, 2.05) is 6.92 Å². The zero-order valence-electron chi connectivity index (χ0n) is 14.5. The van der Waals surface area contributed by atoms with Gasteiger partial charge in [0, 0.05) is 18.9 Å². The number of carbonyl (C=O) groups excluding carboxylic acids is 2. The van der Waals surface area contributed by atoms with Crippen LogP contribution >= 0.6 is 11.6 Å². The number of rotatable bonds is 6. The van der Waals surface area contributed by atoms with E-state index in [-0.39, 0.29) is 33.6 Å². The van der Waals surface area contributed by atoms with Crippen LogP contribution in [0.5, 0.6) is 5.75 Å². The van der Waals surface area contributed by atoms with E-state index in [2.05, 4.69) is 4.72 Å². The summed E-state index contributed by atoms with van der Waals surface area (Å²) in [5, 5.41) is 0.0283. The molecule has 0 saturated heterocycles. The molecule has 2 aromatic rings. The highest BCUT2D eigenvalue weighted by molar-refractivity contribution is 7.92. The highest BCUT2D eigenvalue weighted by atomic mass is 35.5. The van der Waals surface area contributed by atoms with Crippen molar-refractivity contribution in [2.75, 3.05) is 4.72 Å². The molecule has 138 valence electrons. The van der Waals surface area contributed by atoms with Crippen LogP contribution < -0.4 is 9.46 Å². The molecule has 0 spiro atoms. The van der Waals surface area contributed by atoms with Crippen molar-refractivity contribution in [2.45, 2.75) is 32.1 Å². The van der Waals surface area contributed by atoms with Crippen molar-refractivity contribution < 1.29 is 22.7 Å². The molecule has 0 unspecified atom stereocenters. The van der Waals surface area contributed by atoms with Crippen LogP contribution in [-0.2, 0) is 26.0 Å². The number of esters is 1. The number of hydrogen-bond acceptors (Lipinski definition) is 5. The average molecular weight is 396 g/mol. The maximum absolute atomic E-state index is 12.5. The van der Waals surface area contributed by atoms with Crippen molar-refractivity contribution in [1.82, 2.24) is 0 Å². The molecule has 0 amide bonds. The van der Waals surface area contributed by atoms with Crippen molar-refractivity contribution in [1.29, 1.82) is 0 Å². The van der Waals surface area contributed by atoms with Gasteiger partial charge >= 0.3 is 5.97 Å². The number of nitrogens with one attached hydrogen (secondary N) is 1. The smallest absolute Gasteiger partial charge is 0.308 e. The Morgan fingerprint density at radius 3 is 2.27 bits per heavy atom. The Morgan fingerprint density at radius 1 is 1.12 bits per heavy atom. The zero-order valence-corrected chi connectivity index (χ0v) is 16.1. The number of halogens is 1. The number of ether oxygens (including phenoxy) is 1. The van der Waals surface area contributed by atoms with Gasteiger partial charge in [0.2, 0.25) is 0 Å². The Morgan fingerprint density at radius 2 is 1.73 bits per heavy atom. The van der Waals surface area contributed by atoms with Crippen LogP contribution in [0, 0.1) is 6.92 Å². The van der Waals surface area contributed by atoms with Gasteiger partial charge in [0.1, 0.15) is 5.78 Å². The largest absolute Gasteiger partial charge is 0.425 e. The van der Waals surface area contributed by atoms with Crippen LogP contribution in [-0.4, -0.2) is 20.2 Å². The number of anilines is 1. The van der Waals surface area contributed by atoms with Crippen molar-refractivity contribution in [2.24, 2.45) is 0 Å². The summed E-state index contributed by atoms with van der Waals surface area (Å²) in [7, 11) is -3.83. The fourth-order valence-electron chi connectivity index (χ4n) is 2.30. The van der Waals surface area contributed by atoms with E-state index in [1.54, 1.807) is 12.1 Å². The lowest BCUT2D eigenvalue weighted by atomic mass is 10.1. The molecule has 2 rings (SSSR count). The third-order valence-electron chi connectivity index (χ3n) is 3.39. The van der Waals surface area contributed by atoms with Gasteiger partial charge < -0.3 is 4.74 Å². The first-order chi connectivity index (χ1) is 12.1. The summed E-state index contributed by atoms with van der Waals surface area (Å²) >= 11 is 6.13. The van der Waals surface area contributed by atoms with E-state index < -0.39 is 16.0 Å². The second kappa shape index (κ2) is 7.88. The summed E-state index contributed by atoms with van der Waals surface area (Å²) in [5.74, 6) is -0.731. The van der Waals surface area contributed by atoms with Crippen LogP contribution in [0.4, 0.5) is 5.69 Å². The van der Waals surface area contributed by atoms with Gasteiger partial charge in [-0.3, -0.25) is 14.3 Å². The quantitative estimate of drug-likeness (QED) is 0.597. The Labute approximate surface area is 157 Å². The van der Waals surface area contributed by atoms with Gasteiger partial charge in [0.15, 0.2) is 5.75 Å². The average Bonchev–Trinajstić information content (AvgIpc) is 2.50. The first kappa shape index (κ1) is 19.9. The number of carbonyl (C=O) groups is 2. The summed E-state index contributed by atoms with van der Waals surface area (Å²) in [6.07, 6.45) is -0.0531. The lowest BCUT2D eigenvalue weighted by Crippen LogP contribution is -2.14. The molecule has 0 aromatic heterocycles. The predicted octanol–water partition coefficient (Wildman–Crippen LogP) is 3.51. The van der Waals surface area contributed by atoms with Gasteiger partial charge in [-0.1, -0.05) is 29.3 Å². The summed E-state index contributed by atoms with van der Waals surface area (Å²) in [4.78, 5) is 22.8. The lowest BCUT2D eigenvalue weighted by Gasteiger charge is -2.14. The molecule has 0 aliphatic heterocycles. The van der Waals surface area contributed by atoms with E-state index >= 15 is 0 Å². The van der Waals surface area contributed by atoms with Gasteiger partial charge in [0.05, 0.1) is 15.6 Å². The first-order valence-electron chi connectivity index (χ1n) is 7.68. The van der Waals surface area contributed by atoms with Crippen LogP contribution in [0.2, 0.25) is 5.02 Å². The molecule has 0 saturated carbocycles. The molecule has 1 N–H and O–H groups in total. The fraction of sp³-hybridized carbons (Fsp3) is 0.222. The Balaban J connectivity index is 2.43. The minimum Gasteiger partial charge on any atom is -0.425 e. The van der Waals surface area contributed by atoms with Gasteiger partial charge in [-0.15, -0.1) is 0 Å². The van der Waals surface area contributed by atoms with E-state index in [9.17, 15) is 18.0 Å². The lowest BCUT2D eigenvalue weighted by molar-refractivity contribution is -0.132. The third kappa shape index (κ3) is 5.06. The third-order valence-corrected chi connectivity index (χ3v) is 5.07. The number of Topliss-reactive ketones (excluding diaryl/α,β-unsaturated/α-hetero) is 1. The molecule has 0 fully saturated rings. The summed E-state index contributed by atoms with van der Waals surface area (Å²) < 4.78 is 32.5. The maximum Gasteiger partial charge on any atom is 0.308 e. The second-order valence-electron chi connectivity index (χ2n) is 5.84. The van der Waals surface area contributed by atoms with Crippen molar-refractivity contribution in [3.05, 3.63) is 52.5 Å². The number of benzene rings is 2. The molecular formula is C18H18ClNO5S. The molecule has 8 heteroatoms. The van der Waals surface area contributed by atoms with E-state index in [0.717, 1.165) is 5.56 Å². The number of sulfonamides is 1. The molecule has 0 heterocycles. The Kier molecular flexibility index (Phi) is 6.05. The van der Waals surface area contributed by atoms with Crippen molar-refractivity contribution in [3.8, 4) is 5.75 Å². The minimum absolute atomic E-state index is 0.0283. The molecule has 0 bridgehead atoms. The maximum atomic E-state index is 12.5. The highest BCUT2D eigenvalue weighted by Crippen LogP contribution is 2.34. The predicted molar refractivity (Wildman–Crippen MR) is 99.1 cm³/mol. The van der Waals surface area contributed by atoms with Crippen LogP contribution in [0.3, 0.4) is 0 Å². The second-order valence-corrected chi connectivity index (χ2v) is 7.93. The van der Waals surface area contributed by atoms with Gasteiger partial charge in [0.25, 0.3) is 10.0 Å².